The second-order valence-electron chi connectivity index (χ2n) is 2.15. The first-order valence-corrected chi connectivity index (χ1v) is 3.24. The molecule has 0 atom stereocenters. The highest BCUT2D eigenvalue weighted by Crippen LogP contribution is 1.82. The molecule has 0 spiro atoms. The second kappa shape index (κ2) is 6.22. The van der Waals surface area contributed by atoms with E-state index in [2.05, 4.69) is 34.9 Å². The zero-order valence-corrected chi connectivity index (χ0v) is 6.63. The van der Waals surface area contributed by atoms with Gasteiger partial charge in [0.25, 0.3) is 0 Å². The molecule has 0 aromatic carbocycles. The van der Waals surface area contributed by atoms with E-state index in [1.54, 1.807) is 7.05 Å². The third-order valence-corrected chi connectivity index (χ3v) is 0.685. The molecule has 4 nitrogen and oxygen atoms in total. The lowest BCUT2D eigenvalue weighted by Crippen LogP contribution is -2.20. The predicted molar refractivity (Wildman–Crippen MR) is 44.0 cm³/mol. The van der Waals surface area contributed by atoms with Crippen LogP contribution in [0.2, 0.25) is 0 Å². The Bertz CT molecular complexity index is 117. The molecule has 0 amide bonds. The minimum atomic E-state index is 0.473. The van der Waals surface area contributed by atoms with Crippen LogP contribution in [-0.2, 0) is 0 Å². The molecule has 2 N–H and O–H groups in total. The predicted octanol–water partition coefficient (Wildman–Crippen LogP) is 0.380. The van der Waals surface area contributed by atoms with Crippen LogP contribution in [0, 0.1) is 5.92 Å². The van der Waals surface area contributed by atoms with Crippen LogP contribution < -0.4 is 11.0 Å². The van der Waals surface area contributed by atoms with Crippen LogP contribution in [-0.4, -0.2) is 19.6 Å². The Morgan fingerprint density at radius 1 is 1.40 bits per heavy atom. The second-order valence-corrected chi connectivity index (χ2v) is 2.15. The average molecular weight is 142 g/mol. The Kier molecular flexibility index (Phi) is 5.66. The van der Waals surface area contributed by atoms with Gasteiger partial charge in [-0.1, -0.05) is 13.8 Å². The lowest BCUT2D eigenvalue weighted by Gasteiger charge is -1.91. The molecule has 0 aliphatic rings. The van der Waals surface area contributed by atoms with Gasteiger partial charge in [-0.2, -0.15) is 5.10 Å². The summed E-state index contributed by atoms with van der Waals surface area (Å²) >= 11 is 0. The fourth-order valence-corrected chi connectivity index (χ4v) is 0.337. The summed E-state index contributed by atoms with van der Waals surface area (Å²) in [5.74, 6) is 0.473. The van der Waals surface area contributed by atoms with Gasteiger partial charge in [0.05, 0.1) is 0 Å². The van der Waals surface area contributed by atoms with Crippen molar-refractivity contribution >= 4 is 12.6 Å². The van der Waals surface area contributed by atoms with E-state index in [4.69, 9.17) is 0 Å². The molecule has 0 saturated heterocycles. The summed E-state index contributed by atoms with van der Waals surface area (Å²) in [6.07, 6.45) is 3.28. The van der Waals surface area contributed by atoms with Crippen molar-refractivity contribution in [1.82, 2.24) is 11.0 Å². The molecule has 0 aromatic rings. The SMILES string of the molecule is CNN/N=C\N=C\C(C)C. The number of nitrogens with one attached hydrogen (secondary N) is 2. The zero-order chi connectivity index (χ0) is 7.82. The highest BCUT2D eigenvalue weighted by atomic mass is 15.5. The molecule has 0 aromatic heterocycles. The normalized spacial score (nSPS) is 12.0. The van der Waals surface area contributed by atoms with Crippen molar-refractivity contribution in [2.75, 3.05) is 7.05 Å². The summed E-state index contributed by atoms with van der Waals surface area (Å²) in [6.45, 7) is 4.12. The summed E-state index contributed by atoms with van der Waals surface area (Å²) in [4.78, 5) is 3.89. The van der Waals surface area contributed by atoms with Crippen LogP contribution >= 0.6 is 0 Å². The van der Waals surface area contributed by atoms with Crippen molar-refractivity contribution in [2.24, 2.45) is 16.0 Å². The summed E-state index contributed by atoms with van der Waals surface area (Å²) < 4.78 is 0. The molecule has 0 bridgehead atoms. The monoisotopic (exact) mass is 142 g/mol. The van der Waals surface area contributed by atoms with Crippen LogP contribution in [0.25, 0.3) is 0 Å². The quantitative estimate of drug-likeness (QED) is 0.339. The van der Waals surface area contributed by atoms with Crippen LogP contribution in [0.3, 0.4) is 0 Å². The topological polar surface area (TPSA) is 48.8 Å². The Balaban J connectivity index is 3.32. The molecule has 0 unspecified atom stereocenters. The summed E-state index contributed by atoms with van der Waals surface area (Å²) in [5.41, 5.74) is 5.16. The average Bonchev–Trinajstić information content (AvgIpc) is 1.87. The van der Waals surface area contributed by atoms with Crippen LogP contribution in [0.5, 0.6) is 0 Å². The third-order valence-electron chi connectivity index (χ3n) is 0.685. The van der Waals surface area contributed by atoms with E-state index in [0.29, 0.717) is 5.92 Å². The Labute approximate surface area is 61.4 Å². The molecule has 0 heterocycles. The van der Waals surface area contributed by atoms with Gasteiger partial charge in [0.15, 0.2) is 0 Å². The van der Waals surface area contributed by atoms with Gasteiger partial charge in [-0.05, 0) is 5.92 Å². The Morgan fingerprint density at radius 2 is 2.10 bits per heavy atom. The Morgan fingerprint density at radius 3 is 2.60 bits per heavy atom. The van der Waals surface area contributed by atoms with Crippen molar-refractivity contribution in [2.45, 2.75) is 13.8 Å². The van der Waals surface area contributed by atoms with Gasteiger partial charge in [-0.25, -0.2) is 16.0 Å². The number of nitrogens with zero attached hydrogens (tertiary/aromatic N) is 2. The molecule has 0 rings (SSSR count). The first-order valence-electron chi connectivity index (χ1n) is 3.24. The van der Waals surface area contributed by atoms with Crippen LogP contribution in [0.15, 0.2) is 10.1 Å². The number of hydrogen-bond donors (Lipinski definition) is 2. The number of hydrogen-bond acceptors (Lipinski definition) is 3. The van der Waals surface area contributed by atoms with Gasteiger partial charge in [-0.15, -0.1) is 0 Å². The molecule has 0 fully saturated rings. The number of rotatable bonds is 4. The van der Waals surface area contributed by atoms with Gasteiger partial charge in [-0.3, -0.25) is 0 Å². The van der Waals surface area contributed by atoms with Crippen molar-refractivity contribution in [1.29, 1.82) is 0 Å². The lowest BCUT2D eigenvalue weighted by atomic mass is 10.3. The minimum Gasteiger partial charge on any atom is -0.247 e. The fraction of sp³-hybridized carbons (Fsp3) is 0.667. The molecular formula is C6H14N4. The number of aliphatic imine (C=N–C) groups is 1. The summed E-state index contributed by atoms with van der Waals surface area (Å²) in [7, 11) is 1.74. The fourth-order valence-electron chi connectivity index (χ4n) is 0.337. The zero-order valence-electron chi connectivity index (χ0n) is 6.63. The number of hydrazine groups is 1. The van der Waals surface area contributed by atoms with Crippen molar-refractivity contribution in [3.63, 3.8) is 0 Å². The molecule has 0 aliphatic heterocycles. The van der Waals surface area contributed by atoms with Gasteiger partial charge >= 0.3 is 0 Å². The lowest BCUT2D eigenvalue weighted by molar-refractivity contribution is 0.635. The van der Waals surface area contributed by atoms with Crippen molar-refractivity contribution < 1.29 is 0 Å². The molecule has 10 heavy (non-hydrogen) atoms. The molecule has 0 radical (unpaired) electrons. The molecule has 58 valence electrons. The number of hydrazone groups is 1. The highest BCUT2D eigenvalue weighted by molar-refractivity contribution is 5.72. The van der Waals surface area contributed by atoms with E-state index in [9.17, 15) is 0 Å². The molecule has 4 heteroatoms. The van der Waals surface area contributed by atoms with E-state index < -0.39 is 0 Å². The van der Waals surface area contributed by atoms with Gasteiger partial charge < -0.3 is 0 Å². The van der Waals surface area contributed by atoms with Gasteiger partial charge in [0.2, 0.25) is 0 Å². The van der Waals surface area contributed by atoms with Gasteiger partial charge in [0.1, 0.15) is 6.34 Å². The maximum absolute atomic E-state index is 3.89. The first-order chi connectivity index (χ1) is 4.77. The Hall–Kier alpha value is -0.900. The smallest absolute Gasteiger partial charge is 0.136 e. The highest BCUT2D eigenvalue weighted by Gasteiger charge is 1.80. The van der Waals surface area contributed by atoms with Crippen molar-refractivity contribution in [3.8, 4) is 0 Å². The van der Waals surface area contributed by atoms with E-state index in [1.165, 1.54) is 6.34 Å². The first kappa shape index (κ1) is 9.10. The van der Waals surface area contributed by atoms with E-state index in [0.717, 1.165) is 0 Å². The molecule has 0 saturated carbocycles. The third kappa shape index (κ3) is 7.10. The maximum Gasteiger partial charge on any atom is 0.136 e. The molecule has 0 aliphatic carbocycles. The summed E-state index contributed by atoms with van der Waals surface area (Å²) in [5, 5.41) is 3.68. The van der Waals surface area contributed by atoms with Crippen molar-refractivity contribution in [3.05, 3.63) is 0 Å². The van der Waals surface area contributed by atoms with Crippen LogP contribution in [0.4, 0.5) is 0 Å². The minimum absolute atomic E-state index is 0.473. The van der Waals surface area contributed by atoms with Crippen LogP contribution in [0.1, 0.15) is 13.8 Å². The van der Waals surface area contributed by atoms with Gasteiger partial charge in [0, 0.05) is 13.3 Å². The van der Waals surface area contributed by atoms with E-state index >= 15 is 0 Å². The molecular weight excluding hydrogens is 128 g/mol. The van der Waals surface area contributed by atoms with E-state index in [1.807, 2.05) is 6.21 Å². The van der Waals surface area contributed by atoms with E-state index in [-0.39, 0.29) is 0 Å². The largest absolute Gasteiger partial charge is 0.247 e. The maximum atomic E-state index is 3.89. The summed E-state index contributed by atoms with van der Waals surface area (Å²) in [6, 6.07) is 0. The standard InChI is InChI=1S/C6H14N4/c1-6(2)4-8-5-9-10-7-3/h4-7,10H,1-3H3/b8-4+,9-5-.